The zero-order valence-corrected chi connectivity index (χ0v) is 31.9. The number of fused-ring (bicyclic) bond motifs is 1. The summed E-state index contributed by atoms with van der Waals surface area (Å²) in [6.07, 6.45) is 4.42. The Hall–Kier alpha value is -5.86. The van der Waals surface area contributed by atoms with E-state index in [0.29, 0.717) is 11.8 Å². The fourth-order valence-electron chi connectivity index (χ4n) is 6.87. The smallest absolute Gasteiger partial charge is 0.0481 e. The lowest BCUT2D eigenvalue weighted by molar-refractivity contribution is 0.865. The van der Waals surface area contributed by atoms with Gasteiger partial charge in [0.1, 0.15) is 0 Å². The average Bonchev–Trinajstić information content (AvgIpc) is 3.18. The molecule has 0 aliphatic heterocycles. The summed E-state index contributed by atoms with van der Waals surface area (Å²) in [5, 5.41) is 2.49. The number of aryl methyl sites for hydroxylation is 2. The predicted molar refractivity (Wildman–Crippen MR) is 230 cm³/mol. The Morgan fingerprint density at radius 1 is 0.415 bits per heavy atom. The average molecular weight is 691 g/mol. The zero-order chi connectivity index (χ0) is 36.9. The van der Waals surface area contributed by atoms with Gasteiger partial charge in [-0.1, -0.05) is 136 Å². The van der Waals surface area contributed by atoms with Gasteiger partial charge in [0.05, 0.1) is 0 Å². The van der Waals surface area contributed by atoms with Gasteiger partial charge in [-0.25, -0.2) is 0 Å². The largest absolute Gasteiger partial charge is 0.337 e. The number of hydrogen-bond acceptors (Lipinski definition) is 2. The summed E-state index contributed by atoms with van der Waals surface area (Å²) in [6, 6.07) is 58.1. The standard InChI is InChI=1S/C51H50N2/c1-36(2)43-19-29-48(30-20-43)52(47-23-7-38(5)8-24-47)35-42-14-18-45-33-41(13-17-46(45)34-42)12-11-40-15-27-50(28-16-40)53(49-25-9-39(6)10-26-49)51-31-21-44(22-32-51)37(3)4/h7-34,36-37H,35H2,1-6H3/b12-11+. The van der Waals surface area contributed by atoms with Crippen LogP contribution < -0.4 is 9.80 Å². The first kappa shape index (κ1) is 35.5. The van der Waals surface area contributed by atoms with E-state index >= 15 is 0 Å². The number of anilines is 5. The van der Waals surface area contributed by atoms with Crippen molar-refractivity contribution in [3.63, 3.8) is 0 Å². The highest BCUT2D eigenvalue weighted by Gasteiger charge is 2.14. The van der Waals surface area contributed by atoms with Crippen molar-refractivity contribution >= 4 is 51.4 Å². The molecule has 53 heavy (non-hydrogen) atoms. The number of nitrogens with zero attached hydrogens (tertiary/aromatic N) is 2. The van der Waals surface area contributed by atoms with E-state index in [0.717, 1.165) is 23.6 Å². The topological polar surface area (TPSA) is 6.48 Å². The highest BCUT2D eigenvalue weighted by atomic mass is 15.1. The van der Waals surface area contributed by atoms with Crippen molar-refractivity contribution in [2.45, 2.75) is 59.9 Å². The van der Waals surface area contributed by atoms with Crippen molar-refractivity contribution < 1.29 is 0 Å². The van der Waals surface area contributed by atoms with E-state index in [1.54, 1.807) is 0 Å². The van der Waals surface area contributed by atoms with Gasteiger partial charge in [0.25, 0.3) is 0 Å². The predicted octanol–water partition coefficient (Wildman–Crippen LogP) is 14.7. The molecule has 0 radical (unpaired) electrons. The molecule has 0 fully saturated rings. The third kappa shape index (κ3) is 8.45. The monoisotopic (exact) mass is 690 g/mol. The van der Waals surface area contributed by atoms with Gasteiger partial charge >= 0.3 is 0 Å². The van der Waals surface area contributed by atoms with Crippen LogP contribution in [0.25, 0.3) is 22.9 Å². The molecule has 0 aliphatic carbocycles. The van der Waals surface area contributed by atoms with Gasteiger partial charge in [0.2, 0.25) is 0 Å². The molecule has 0 amide bonds. The highest BCUT2D eigenvalue weighted by molar-refractivity contribution is 5.87. The Labute approximate surface area is 316 Å². The third-order valence-electron chi connectivity index (χ3n) is 10.2. The SMILES string of the molecule is Cc1ccc(N(Cc2ccc3cc(/C=C/c4ccc(N(c5ccc(C)cc5)c5ccc(C(C)C)cc5)cc4)ccc3c2)c2ccc(C(C)C)cc2)cc1. The second kappa shape index (κ2) is 15.8. The molecule has 0 aromatic heterocycles. The van der Waals surface area contributed by atoms with Gasteiger partial charge in [-0.05, 0) is 137 Å². The minimum atomic E-state index is 0.502. The first-order chi connectivity index (χ1) is 25.7. The molecule has 0 bridgehead atoms. The highest BCUT2D eigenvalue weighted by Crippen LogP contribution is 2.36. The fourth-order valence-corrected chi connectivity index (χ4v) is 6.87. The number of rotatable bonds is 11. The maximum atomic E-state index is 2.41. The van der Waals surface area contributed by atoms with E-state index < -0.39 is 0 Å². The van der Waals surface area contributed by atoms with Gasteiger partial charge in [-0.3, -0.25) is 0 Å². The first-order valence-corrected chi connectivity index (χ1v) is 18.9. The van der Waals surface area contributed by atoms with E-state index in [-0.39, 0.29) is 0 Å². The molecule has 0 atom stereocenters. The Bertz CT molecular complexity index is 2290. The van der Waals surface area contributed by atoms with Crippen molar-refractivity contribution in [2.75, 3.05) is 9.80 Å². The molecular weight excluding hydrogens is 641 g/mol. The summed E-state index contributed by atoms with van der Waals surface area (Å²) >= 11 is 0. The van der Waals surface area contributed by atoms with Crippen LogP contribution in [0.2, 0.25) is 0 Å². The lowest BCUT2D eigenvalue weighted by Crippen LogP contribution is -2.16. The Balaban J connectivity index is 1.09. The zero-order valence-electron chi connectivity index (χ0n) is 31.9. The van der Waals surface area contributed by atoms with Crippen LogP contribution in [-0.4, -0.2) is 0 Å². The molecule has 0 unspecified atom stereocenters. The Morgan fingerprint density at radius 2 is 0.811 bits per heavy atom. The molecule has 0 aliphatic rings. The van der Waals surface area contributed by atoms with E-state index in [1.807, 2.05) is 0 Å². The molecule has 0 heterocycles. The van der Waals surface area contributed by atoms with E-state index in [4.69, 9.17) is 0 Å². The van der Waals surface area contributed by atoms with Crippen LogP contribution in [0.5, 0.6) is 0 Å². The van der Waals surface area contributed by atoms with Crippen LogP contribution >= 0.6 is 0 Å². The van der Waals surface area contributed by atoms with Gasteiger partial charge in [0, 0.05) is 35.0 Å². The van der Waals surface area contributed by atoms with Gasteiger partial charge < -0.3 is 9.80 Å². The van der Waals surface area contributed by atoms with Crippen LogP contribution in [0.15, 0.2) is 158 Å². The van der Waals surface area contributed by atoms with Crippen LogP contribution in [-0.2, 0) is 6.54 Å². The summed E-state index contributed by atoms with van der Waals surface area (Å²) < 4.78 is 0. The molecule has 0 N–H and O–H groups in total. The van der Waals surface area contributed by atoms with Crippen molar-refractivity contribution in [2.24, 2.45) is 0 Å². The third-order valence-corrected chi connectivity index (χ3v) is 10.2. The second-order valence-corrected chi connectivity index (χ2v) is 15.0. The summed E-state index contributed by atoms with van der Waals surface area (Å²) in [7, 11) is 0. The number of hydrogen-bond donors (Lipinski definition) is 0. The second-order valence-electron chi connectivity index (χ2n) is 15.0. The van der Waals surface area contributed by atoms with Crippen molar-refractivity contribution in [1.82, 2.24) is 0 Å². The molecule has 7 rings (SSSR count). The summed E-state index contributed by atoms with van der Waals surface area (Å²) in [6.45, 7) is 14.0. The van der Waals surface area contributed by atoms with E-state index in [1.165, 1.54) is 61.1 Å². The molecule has 264 valence electrons. The fraction of sp³-hybridized carbons (Fsp3) is 0.176. The van der Waals surface area contributed by atoms with Crippen molar-refractivity contribution in [3.05, 3.63) is 197 Å². The van der Waals surface area contributed by atoms with Crippen LogP contribution in [0.1, 0.15) is 78.5 Å². The maximum absolute atomic E-state index is 2.41. The molecule has 7 aromatic rings. The Kier molecular flexibility index (Phi) is 10.6. The lowest BCUT2D eigenvalue weighted by Gasteiger charge is -2.26. The van der Waals surface area contributed by atoms with E-state index in [9.17, 15) is 0 Å². The molecule has 2 heteroatoms. The maximum Gasteiger partial charge on any atom is 0.0481 e. The van der Waals surface area contributed by atoms with E-state index in [2.05, 4.69) is 221 Å². The molecule has 0 saturated carbocycles. The summed E-state index contributed by atoms with van der Waals surface area (Å²) in [5.41, 5.74) is 14.7. The van der Waals surface area contributed by atoms with Gasteiger partial charge in [-0.2, -0.15) is 0 Å². The Morgan fingerprint density at radius 3 is 1.34 bits per heavy atom. The van der Waals surface area contributed by atoms with Crippen molar-refractivity contribution in [1.29, 1.82) is 0 Å². The van der Waals surface area contributed by atoms with Crippen LogP contribution in [0.4, 0.5) is 28.4 Å². The lowest BCUT2D eigenvalue weighted by atomic mass is 10.0. The van der Waals surface area contributed by atoms with Gasteiger partial charge in [-0.15, -0.1) is 0 Å². The number of benzene rings is 7. The first-order valence-electron chi connectivity index (χ1n) is 18.9. The minimum absolute atomic E-state index is 0.502. The summed E-state index contributed by atoms with van der Waals surface area (Å²) in [4.78, 5) is 4.74. The molecule has 0 saturated heterocycles. The van der Waals surface area contributed by atoms with Crippen LogP contribution in [0.3, 0.4) is 0 Å². The minimum Gasteiger partial charge on any atom is -0.337 e. The normalized spacial score (nSPS) is 11.5. The van der Waals surface area contributed by atoms with Gasteiger partial charge in [0.15, 0.2) is 0 Å². The summed E-state index contributed by atoms with van der Waals surface area (Å²) in [5.74, 6) is 1.01. The van der Waals surface area contributed by atoms with Crippen LogP contribution in [0, 0.1) is 13.8 Å². The molecule has 7 aromatic carbocycles. The molecule has 2 nitrogen and oxygen atoms in total. The molecular formula is C51H50N2. The molecule has 0 spiro atoms. The quantitative estimate of drug-likeness (QED) is 0.125. The van der Waals surface area contributed by atoms with Crippen molar-refractivity contribution in [3.8, 4) is 0 Å².